The summed E-state index contributed by atoms with van der Waals surface area (Å²) in [5.74, 6) is 0. The van der Waals surface area contributed by atoms with Crippen LogP contribution in [0.5, 0.6) is 0 Å². The van der Waals surface area contributed by atoms with Crippen molar-refractivity contribution in [1.82, 2.24) is 14.8 Å². The number of urea groups is 1. The third-order valence-electron chi connectivity index (χ3n) is 4.68. The second kappa shape index (κ2) is 7.03. The molecule has 1 N–H and O–H groups in total. The Balaban J connectivity index is 1.73. The first-order chi connectivity index (χ1) is 12.3. The number of carbonyl (C=O) groups excluding carboxylic acids is 1. The maximum atomic E-state index is 13.1. The van der Waals surface area contributed by atoms with Crippen molar-refractivity contribution in [3.63, 3.8) is 0 Å². The summed E-state index contributed by atoms with van der Waals surface area (Å²) in [6.45, 7) is 1.39. The van der Waals surface area contributed by atoms with Gasteiger partial charge in [-0.15, -0.1) is 0 Å². The van der Waals surface area contributed by atoms with Crippen molar-refractivity contribution in [2.24, 2.45) is 7.05 Å². The Morgan fingerprint density at radius 2 is 2.12 bits per heavy atom. The van der Waals surface area contributed by atoms with E-state index in [-0.39, 0.29) is 31.8 Å². The van der Waals surface area contributed by atoms with E-state index in [9.17, 15) is 18.4 Å². The summed E-state index contributed by atoms with van der Waals surface area (Å²) in [7, 11) is 1.67. The van der Waals surface area contributed by atoms with Crippen molar-refractivity contribution in [3.05, 3.63) is 46.2 Å². The van der Waals surface area contributed by atoms with Gasteiger partial charge in [0.25, 0.3) is 12.0 Å². The molecule has 1 saturated heterocycles. The Bertz CT molecular complexity index is 884. The highest BCUT2D eigenvalue weighted by Crippen LogP contribution is 2.25. The number of nitrogens with one attached hydrogen (secondary N) is 1. The summed E-state index contributed by atoms with van der Waals surface area (Å²) < 4.78 is 32.9. The molecule has 1 aliphatic heterocycles. The van der Waals surface area contributed by atoms with Crippen molar-refractivity contribution < 1.29 is 18.3 Å². The summed E-state index contributed by atoms with van der Waals surface area (Å²) in [5.41, 5.74) is -0.643. The smallest absolute Gasteiger partial charge is 0.317 e. The van der Waals surface area contributed by atoms with Gasteiger partial charge in [-0.1, -0.05) is 18.2 Å². The van der Waals surface area contributed by atoms with Crippen LogP contribution >= 0.6 is 0 Å². The van der Waals surface area contributed by atoms with Crippen LogP contribution in [0.3, 0.4) is 0 Å². The van der Waals surface area contributed by atoms with Gasteiger partial charge in [-0.3, -0.25) is 4.79 Å². The van der Waals surface area contributed by atoms with Crippen molar-refractivity contribution in [1.29, 1.82) is 0 Å². The lowest BCUT2D eigenvalue weighted by molar-refractivity contribution is -0.161. The number of carbonyl (C=O) groups is 1. The maximum Gasteiger partial charge on any atom is 0.317 e. The predicted octanol–water partition coefficient (Wildman–Crippen LogP) is 2.10. The monoisotopic (exact) mass is 365 g/mol. The Hall–Kier alpha value is -2.48. The summed E-state index contributed by atoms with van der Waals surface area (Å²) in [6, 6.07) is 8.69. The molecule has 0 saturated carbocycles. The Labute approximate surface area is 149 Å². The van der Waals surface area contributed by atoms with Crippen molar-refractivity contribution in [2.45, 2.75) is 25.5 Å². The summed E-state index contributed by atoms with van der Waals surface area (Å²) in [5, 5.41) is 3.54. The fraction of sp³-hybridized carbons (Fsp3) is 0.444. The zero-order chi connectivity index (χ0) is 18.9. The average molecular weight is 365 g/mol. The molecule has 1 aliphatic rings. The number of pyridine rings is 1. The van der Waals surface area contributed by atoms with Gasteiger partial charge in [-0.05, 0) is 24.4 Å². The number of aryl methyl sites for hydroxylation is 1. The Morgan fingerprint density at radius 3 is 2.85 bits per heavy atom. The molecular formula is C18H21F2N3O3. The largest absolute Gasteiger partial charge is 0.366 e. The number of alkyl halides is 2. The van der Waals surface area contributed by atoms with Crippen LogP contribution in [0.1, 0.15) is 12.5 Å². The summed E-state index contributed by atoms with van der Waals surface area (Å²) in [4.78, 5) is 26.1. The van der Waals surface area contributed by atoms with Crippen molar-refractivity contribution in [2.75, 3.05) is 19.7 Å². The summed E-state index contributed by atoms with van der Waals surface area (Å²) >= 11 is 0. The molecule has 0 spiro atoms. The molecule has 26 heavy (non-hydrogen) atoms. The molecule has 1 fully saturated rings. The van der Waals surface area contributed by atoms with Crippen LogP contribution < -0.4 is 10.9 Å². The number of morpholine rings is 1. The number of rotatable bonds is 3. The molecule has 2 heterocycles. The highest BCUT2D eigenvalue weighted by Gasteiger charge is 2.42. The first-order valence-corrected chi connectivity index (χ1v) is 8.34. The topological polar surface area (TPSA) is 63.6 Å². The zero-order valence-corrected chi connectivity index (χ0v) is 14.7. The molecule has 0 bridgehead atoms. The number of aromatic nitrogens is 1. The minimum absolute atomic E-state index is 0.0269. The molecule has 8 heteroatoms. The van der Waals surface area contributed by atoms with Gasteiger partial charge in [-0.2, -0.15) is 0 Å². The van der Waals surface area contributed by atoms with Gasteiger partial charge in [0.05, 0.1) is 18.7 Å². The van der Waals surface area contributed by atoms with Crippen LogP contribution in [-0.2, 0) is 18.3 Å². The molecule has 2 amide bonds. The average Bonchev–Trinajstić information content (AvgIpc) is 2.63. The minimum Gasteiger partial charge on any atom is -0.366 e. The number of benzene rings is 1. The van der Waals surface area contributed by atoms with Crippen LogP contribution in [0.15, 0.2) is 35.1 Å². The molecule has 2 aromatic rings. The second-order valence-corrected chi connectivity index (χ2v) is 6.63. The number of ether oxygens (including phenoxy) is 1. The first-order valence-electron chi connectivity index (χ1n) is 8.34. The molecule has 6 nitrogen and oxygen atoms in total. The van der Waals surface area contributed by atoms with Crippen LogP contribution in [0.25, 0.3) is 10.9 Å². The van der Waals surface area contributed by atoms with E-state index < -0.39 is 18.1 Å². The number of fused-ring (bicyclic) bond motifs is 1. The number of halogens is 2. The highest BCUT2D eigenvalue weighted by atomic mass is 19.3. The fourth-order valence-corrected chi connectivity index (χ4v) is 3.10. The van der Waals surface area contributed by atoms with Gasteiger partial charge in [0.15, 0.2) is 0 Å². The number of hydrogen-bond acceptors (Lipinski definition) is 3. The summed E-state index contributed by atoms with van der Waals surface area (Å²) in [6.07, 6.45) is -2.69. The van der Waals surface area contributed by atoms with E-state index in [1.54, 1.807) is 13.1 Å². The minimum atomic E-state index is -2.69. The molecular weight excluding hydrogens is 344 g/mol. The SMILES string of the molecule is Cn1c(=O)c(CNC(=O)N2CCOC(C)(C(F)F)C2)cc2ccccc21. The Kier molecular flexibility index (Phi) is 4.95. The number of para-hydroxylation sites is 1. The normalized spacial score (nSPS) is 20.6. The van der Waals surface area contributed by atoms with Gasteiger partial charge >= 0.3 is 6.03 Å². The van der Waals surface area contributed by atoms with Gasteiger partial charge in [-0.25, -0.2) is 13.6 Å². The van der Waals surface area contributed by atoms with E-state index in [2.05, 4.69) is 5.32 Å². The van der Waals surface area contributed by atoms with Crippen LogP contribution in [-0.4, -0.2) is 47.2 Å². The molecule has 140 valence electrons. The third-order valence-corrected chi connectivity index (χ3v) is 4.68. The van der Waals surface area contributed by atoms with E-state index in [1.165, 1.54) is 16.4 Å². The van der Waals surface area contributed by atoms with E-state index in [1.807, 2.05) is 24.3 Å². The van der Waals surface area contributed by atoms with Crippen LogP contribution in [0, 0.1) is 0 Å². The van der Waals surface area contributed by atoms with Crippen molar-refractivity contribution in [3.8, 4) is 0 Å². The lowest BCUT2D eigenvalue weighted by atomic mass is 10.1. The van der Waals surface area contributed by atoms with E-state index >= 15 is 0 Å². The molecule has 1 aromatic carbocycles. The third kappa shape index (κ3) is 3.41. The second-order valence-electron chi connectivity index (χ2n) is 6.63. The van der Waals surface area contributed by atoms with Gasteiger partial charge in [0.1, 0.15) is 5.60 Å². The number of hydrogen-bond donors (Lipinski definition) is 1. The highest BCUT2D eigenvalue weighted by molar-refractivity contribution is 5.80. The molecule has 0 aliphatic carbocycles. The fourth-order valence-electron chi connectivity index (χ4n) is 3.10. The lowest BCUT2D eigenvalue weighted by Crippen LogP contribution is -2.57. The van der Waals surface area contributed by atoms with E-state index in [0.29, 0.717) is 5.56 Å². The van der Waals surface area contributed by atoms with Gasteiger partial charge in [0.2, 0.25) is 0 Å². The van der Waals surface area contributed by atoms with E-state index in [0.717, 1.165) is 10.9 Å². The van der Waals surface area contributed by atoms with Crippen LogP contribution in [0.4, 0.5) is 13.6 Å². The molecule has 3 rings (SSSR count). The molecule has 1 aromatic heterocycles. The number of amides is 2. The van der Waals surface area contributed by atoms with Crippen molar-refractivity contribution >= 4 is 16.9 Å². The van der Waals surface area contributed by atoms with Crippen LogP contribution in [0.2, 0.25) is 0 Å². The number of nitrogens with zero attached hydrogens (tertiary/aromatic N) is 2. The molecule has 0 radical (unpaired) electrons. The maximum absolute atomic E-state index is 13.1. The lowest BCUT2D eigenvalue weighted by Gasteiger charge is -2.39. The predicted molar refractivity (Wildman–Crippen MR) is 93.4 cm³/mol. The molecule has 1 atom stereocenters. The zero-order valence-electron chi connectivity index (χ0n) is 14.7. The van der Waals surface area contributed by atoms with Gasteiger partial charge < -0.3 is 19.5 Å². The first kappa shape index (κ1) is 18.3. The Morgan fingerprint density at radius 1 is 1.38 bits per heavy atom. The molecule has 1 unspecified atom stereocenters. The quantitative estimate of drug-likeness (QED) is 0.906. The van der Waals surface area contributed by atoms with E-state index in [4.69, 9.17) is 4.74 Å². The standard InChI is InChI=1S/C18H21F2N3O3/c1-18(16(19)20)11-23(7-8-26-18)17(25)21-10-13-9-12-5-3-4-6-14(12)22(2)15(13)24/h3-6,9,16H,7-8,10-11H2,1-2H3,(H,21,25). The van der Waals surface area contributed by atoms with Gasteiger partial charge in [0, 0.05) is 25.7 Å².